The minimum Gasteiger partial charge on any atom is -0.352 e. The average Bonchev–Trinajstić information content (AvgIpc) is 3.85. The summed E-state index contributed by atoms with van der Waals surface area (Å²) in [5.41, 5.74) is 0. The summed E-state index contributed by atoms with van der Waals surface area (Å²) >= 11 is 8.00. The summed E-state index contributed by atoms with van der Waals surface area (Å²) in [6.07, 6.45) is 49.6. The molecule has 0 radical (unpaired) electrons. The first-order chi connectivity index (χ1) is 23.8. The molecule has 48 heavy (non-hydrogen) atoms. The van der Waals surface area contributed by atoms with E-state index >= 15 is 0 Å². The topological polar surface area (TPSA) is 9.86 Å². The van der Waals surface area contributed by atoms with E-state index in [0.29, 0.717) is 0 Å². The predicted octanol–water partition coefficient (Wildman–Crippen LogP) is 16.5. The molecule has 2 aliphatic rings. The van der Waals surface area contributed by atoms with E-state index in [9.17, 15) is 0 Å². The molecule has 4 heterocycles. The molecule has 0 saturated carbocycles. The molecule has 4 rings (SSSR count). The molecular weight excluding hydrogens is 661 g/mol. The van der Waals surface area contributed by atoms with Gasteiger partial charge in [-0.3, -0.25) is 0 Å². The third-order valence-corrected chi connectivity index (χ3v) is 15.6. The van der Waals surface area contributed by atoms with Crippen LogP contribution in [0.1, 0.15) is 194 Å². The van der Waals surface area contributed by atoms with E-state index in [-0.39, 0.29) is 0 Å². The zero-order chi connectivity index (χ0) is 33.5. The summed E-state index contributed by atoms with van der Waals surface area (Å²) in [5, 5.41) is 0. The van der Waals surface area contributed by atoms with Crippen molar-refractivity contribution in [3.63, 3.8) is 0 Å². The van der Waals surface area contributed by atoms with Crippen LogP contribution in [0.4, 0.5) is 0 Å². The summed E-state index contributed by atoms with van der Waals surface area (Å²) in [6, 6.07) is 0. The molecule has 0 spiro atoms. The van der Waals surface area contributed by atoms with Crippen molar-refractivity contribution in [3.05, 3.63) is 33.3 Å². The normalized spacial score (nSPS) is 14.0. The lowest BCUT2D eigenvalue weighted by Crippen LogP contribution is -1.94. The monoisotopic (exact) mass is 730 g/mol. The molecule has 2 aromatic rings. The highest BCUT2D eigenvalue weighted by molar-refractivity contribution is 8.30. The zero-order valence-corrected chi connectivity index (χ0v) is 34.3. The van der Waals surface area contributed by atoms with Crippen molar-refractivity contribution < 1.29 is 0 Å². The molecular formula is C42H70N2S4. The molecule has 0 saturated heterocycles. The van der Waals surface area contributed by atoms with Crippen LogP contribution < -0.4 is 0 Å². The Bertz CT molecular complexity index is 1010. The van der Waals surface area contributed by atoms with Gasteiger partial charge < -0.3 is 9.13 Å². The number of nitrogens with zero attached hydrogens (tertiary/aromatic N) is 2. The average molecular weight is 731 g/mol. The predicted molar refractivity (Wildman–Crippen MR) is 220 cm³/mol. The van der Waals surface area contributed by atoms with Crippen LogP contribution in [-0.2, 0) is 13.1 Å². The van der Waals surface area contributed by atoms with Gasteiger partial charge in [-0.25, -0.2) is 0 Å². The van der Waals surface area contributed by atoms with Gasteiger partial charge in [0.1, 0.15) is 0 Å². The van der Waals surface area contributed by atoms with Crippen LogP contribution in [0, 0.1) is 0 Å². The van der Waals surface area contributed by atoms with E-state index < -0.39 is 0 Å². The van der Waals surface area contributed by atoms with Gasteiger partial charge in [-0.2, -0.15) is 0 Å². The van der Waals surface area contributed by atoms with E-state index in [1.807, 2.05) is 47.0 Å². The van der Waals surface area contributed by atoms with Crippen LogP contribution in [0.25, 0.3) is 0 Å². The van der Waals surface area contributed by atoms with E-state index in [2.05, 4.69) is 47.8 Å². The Labute approximate surface area is 314 Å². The van der Waals surface area contributed by atoms with Gasteiger partial charge in [0.25, 0.3) is 0 Å². The molecule has 2 nitrogen and oxygen atoms in total. The molecule has 6 heteroatoms. The minimum atomic E-state index is 1.18. The second kappa shape index (κ2) is 25.6. The van der Waals surface area contributed by atoms with Gasteiger partial charge in [0.2, 0.25) is 0 Å². The van der Waals surface area contributed by atoms with Gasteiger partial charge >= 0.3 is 0 Å². The Morgan fingerprint density at radius 2 is 0.521 bits per heavy atom. The Morgan fingerprint density at radius 1 is 0.312 bits per heavy atom. The molecule has 0 atom stereocenters. The molecule has 0 fully saturated rings. The van der Waals surface area contributed by atoms with E-state index in [4.69, 9.17) is 0 Å². The number of aryl methyl sites for hydroxylation is 2. The van der Waals surface area contributed by atoms with Gasteiger partial charge in [0, 0.05) is 57.5 Å². The molecule has 0 N–H and O–H groups in total. The molecule has 272 valence electrons. The third-order valence-electron chi connectivity index (χ3n) is 10.1. The number of hydrogen-bond donors (Lipinski definition) is 0. The molecule has 2 aromatic heterocycles. The van der Waals surface area contributed by atoms with Gasteiger partial charge in [-0.05, 0) is 12.8 Å². The van der Waals surface area contributed by atoms with Crippen LogP contribution in [0.15, 0.2) is 52.8 Å². The Hall–Kier alpha value is -0.300. The van der Waals surface area contributed by atoms with Crippen molar-refractivity contribution in [2.45, 2.75) is 226 Å². The van der Waals surface area contributed by atoms with Crippen LogP contribution in [-0.4, -0.2) is 9.13 Å². The number of fused-ring (bicyclic) bond motifs is 2. The second-order valence-electron chi connectivity index (χ2n) is 14.6. The number of thioether (sulfide) groups is 4. The van der Waals surface area contributed by atoms with Crippen molar-refractivity contribution in [1.82, 2.24) is 9.13 Å². The first-order valence-electron chi connectivity index (χ1n) is 20.6. The maximum atomic E-state index is 2.45. The van der Waals surface area contributed by atoms with E-state index in [1.54, 1.807) is 0 Å². The van der Waals surface area contributed by atoms with Crippen molar-refractivity contribution in [2.24, 2.45) is 0 Å². The lowest BCUT2D eigenvalue weighted by atomic mass is 10.0. The summed E-state index contributed by atoms with van der Waals surface area (Å²) in [7, 11) is 0. The Kier molecular flexibility index (Phi) is 21.6. The Morgan fingerprint density at radius 3 is 0.750 bits per heavy atom. The third kappa shape index (κ3) is 15.9. The lowest BCUT2D eigenvalue weighted by Gasteiger charge is -2.06. The van der Waals surface area contributed by atoms with Crippen LogP contribution in [0.5, 0.6) is 0 Å². The summed E-state index contributed by atoms with van der Waals surface area (Å²) < 4.78 is 7.90. The SMILES string of the molecule is CCCCCCCCCCCCCCCCn1cc2c(c1)SC(=C1Sc3cn(CCCCCCCCCCCCCCCC)cc3S1)S2. The van der Waals surface area contributed by atoms with Gasteiger partial charge in [-0.1, -0.05) is 228 Å². The lowest BCUT2D eigenvalue weighted by molar-refractivity contribution is 0.524. The zero-order valence-electron chi connectivity index (χ0n) is 31.1. The number of aromatic nitrogens is 2. The molecule has 0 aliphatic carbocycles. The maximum absolute atomic E-state index is 2.45. The van der Waals surface area contributed by atoms with Gasteiger partial charge in [0.15, 0.2) is 0 Å². The fourth-order valence-electron chi connectivity index (χ4n) is 7.08. The smallest absolute Gasteiger partial charge is 0.0707 e. The van der Waals surface area contributed by atoms with Crippen LogP contribution >= 0.6 is 47.0 Å². The highest BCUT2D eigenvalue weighted by atomic mass is 32.2. The van der Waals surface area contributed by atoms with Crippen molar-refractivity contribution >= 4 is 47.0 Å². The van der Waals surface area contributed by atoms with Gasteiger partial charge in [-0.15, -0.1) is 0 Å². The van der Waals surface area contributed by atoms with Crippen molar-refractivity contribution in [3.8, 4) is 0 Å². The minimum absolute atomic E-state index is 1.18. The van der Waals surface area contributed by atoms with E-state index in [0.717, 1.165) is 0 Å². The Balaban J connectivity index is 0.978. The molecule has 0 bridgehead atoms. The fourth-order valence-corrected chi connectivity index (χ4v) is 12.5. The molecule has 0 unspecified atom stereocenters. The molecule has 2 aliphatic heterocycles. The first-order valence-corrected chi connectivity index (χ1v) is 23.9. The summed E-state index contributed by atoms with van der Waals surface area (Å²) in [5.74, 6) is 0. The van der Waals surface area contributed by atoms with Crippen LogP contribution in [0.2, 0.25) is 0 Å². The standard InChI is InChI=1S/C42H70N2S4/c1-3-5-7-9-11-13-15-17-19-21-23-25-27-29-31-43-33-37-38(34-43)46-41(45-37)42-47-39-35-44(36-40(39)48-42)32-30-28-26-24-22-20-18-16-14-12-10-8-6-4-2/h33-36H,3-32H2,1-2H3. The molecule has 0 amide bonds. The quantitative estimate of drug-likeness (QED) is 0.0740. The largest absolute Gasteiger partial charge is 0.352 e. The second-order valence-corrected chi connectivity index (χ2v) is 19.4. The fraction of sp³-hybridized carbons (Fsp3) is 0.762. The number of rotatable bonds is 30. The van der Waals surface area contributed by atoms with Crippen LogP contribution in [0.3, 0.4) is 0 Å². The highest BCUT2D eigenvalue weighted by Crippen LogP contribution is 2.61. The number of hydrogen-bond acceptors (Lipinski definition) is 4. The first kappa shape index (κ1) is 40.5. The van der Waals surface area contributed by atoms with Gasteiger partial charge in [0.05, 0.1) is 8.47 Å². The summed E-state index contributed by atoms with van der Waals surface area (Å²) in [4.78, 5) is 5.86. The van der Waals surface area contributed by atoms with Crippen molar-refractivity contribution in [1.29, 1.82) is 0 Å². The number of unbranched alkanes of at least 4 members (excludes halogenated alkanes) is 26. The molecule has 0 aromatic carbocycles. The van der Waals surface area contributed by atoms with E-state index in [1.165, 1.54) is 221 Å². The van der Waals surface area contributed by atoms with Crippen molar-refractivity contribution in [2.75, 3.05) is 0 Å². The highest BCUT2D eigenvalue weighted by Gasteiger charge is 2.29. The summed E-state index contributed by atoms with van der Waals surface area (Å²) in [6.45, 7) is 6.96. The maximum Gasteiger partial charge on any atom is 0.0707 e.